The zero-order valence-electron chi connectivity index (χ0n) is 30.7. The van der Waals surface area contributed by atoms with Crippen LogP contribution in [0.5, 0.6) is 0 Å². The minimum atomic E-state index is -2.44. The molecule has 0 aromatic rings. The van der Waals surface area contributed by atoms with Crippen molar-refractivity contribution in [2.24, 2.45) is 0 Å². The fourth-order valence-corrected chi connectivity index (χ4v) is 6.89. The molecule has 1 radical (unpaired) electrons. The molecule has 0 saturated heterocycles. The molecule has 0 spiro atoms. The van der Waals surface area contributed by atoms with Crippen LogP contribution in [0, 0.1) is 0 Å². The molecule has 0 amide bonds. The Kier molecular flexibility index (Phi) is 59.1. The van der Waals surface area contributed by atoms with E-state index in [4.69, 9.17) is 0 Å². The second-order valence-electron chi connectivity index (χ2n) is 12.9. The monoisotopic (exact) mass is 751 g/mol. The van der Waals surface area contributed by atoms with Gasteiger partial charge in [-0.15, -0.1) is 0 Å². The van der Waals surface area contributed by atoms with Crippen molar-refractivity contribution < 1.29 is 45.7 Å². The molecule has 279 valence electrons. The second-order valence-corrected chi connectivity index (χ2v) is 16.6. The Bertz CT molecular complexity index is 533. The Hall–Kier alpha value is 1.10. The van der Waals surface area contributed by atoms with Gasteiger partial charge in [0.2, 0.25) is 0 Å². The summed E-state index contributed by atoms with van der Waals surface area (Å²) in [4.78, 5) is 30.9. The molecule has 3 atom stereocenters. The van der Waals surface area contributed by atoms with Crippen LogP contribution in [0.3, 0.4) is 0 Å². The van der Waals surface area contributed by atoms with E-state index in [-0.39, 0.29) is 17.4 Å². The molecule has 0 aromatic carbocycles. The van der Waals surface area contributed by atoms with Crippen LogP contribution < -0.4 is 14.7 Å². The molecule has 0 heterocycles. The fraction of sp³-hybridized carbons (Fsp3) is 1.00. The molecule has 0 aliphatic carbocycles. The molecular weight excluding hydrogens is 673 g/mol. The Morgan fingerprint density at radius 1 is 0.283 bits per heavy atom. The first-order valence-corrected chi connectivity index (χ1v) is 24.0. The van der Waals surface area contributed by atoms with E-state index in [0.717, 1.165) is 38.5 Å². The summed E-state index contributed by atoms with van der Waals surface area (Å²) in [6.07, 6.45) is 39.0. The molecular formula is C36H78CrO6P3. The number of hydrogen-bond acceptors (Lipinski definition) is 6. The van der Waals surface area contributed by atoms with Gasteiger partial charge in [0.1, 0.15) is 0 Å². The van der Waals surface area contributed by atoms with Gasteiger partial charge in [-0.2, -0.15) is 0 Å². The third-order valence-corrected chi connectivity index (χ3v) is 10.5. The third kappa shape index (κ3) is 63.7. The fourth-order valence-electron chi connectivity index (χ4n) is 5.27. The summed E-state index contributed by atoms with van der Waals surface area (Å²) < 4.78 is 30.9. The van der Waals surface area contributed by atoms with Gasteiger partial charge < -0.3 is 28.4 Å². The Labute approximate surface area is 300 Å². The van der Waals surface area contributed by atoms with Gasteiger partial charge in [-0.05, 0) is 37.7 Å². The van der Waals surface area contributed by atoms with Crippen molar-refractivity contribution in [1.29, 1.82) is 0 Å². The van der Waals surface area contributed by atoms with Crippen molar-refractivity contribution in [2.45, 2.75) is 213 Å². The molecule has 0 aliphatic heterocycles. The van der Waals surface area contributed by atoms with Crippen molar-refractivity contribution in [3.05, 3.63) is 0 Å². The average Bonchev–Trinajstić information content (AvgIpc) is 3.00. The molecule has 0 N–H and O–H groups in total. The van der Waals surface area contributed by atoms with E-state index < -0.39 is 24.1 Å². The van der Waals surface area contributed by atoms with E-state index in [0.29, 0.717) is 18.5 Å². The molecule has 0 aromatic heterocycles. The summed E-state index contributed by atoms with van der Waals surface area (Å²) in [6.45, 7) is 6.71. The maximum absolute atomic E-state index is 10.3. The summed E-state index contributed by atoms with van der Waals surface area (Å²) in [5.41, 5.74) is 0. The molecule has 3 unspecified atom stereocenters. The number of hydrogen-bond donors (Lipinski definition) is 0. The van der Waals surface area contributed by atoms with Gasteiger partial charge in [0, 0.05) is 24.1 Å². The third-order valence-electron chi connectivity index (χ3n) is 8.20. The van der Waals surface area contributed by atoms with Crippen LogP contribution in [-0.2, 0) is 31.1 Å². The van der Waals surface area contributed by atoms with Gasteiger partial charge in [0.15, 0.2) is 0 Å². The van der Waals surface area contributed by atoms with Crippen LogP contribution in [0.4, 0.5) is 0 Å². The summed E-state index contributed by atoms with van der Waals surface area (Å²) in [5.74, 6) is 0. The first-order chi connectivity index (χ1) is 21.8. The largest absolute Gasteiger partial charge is 3.00 e. The first kappa shape index (κ1) is 53.9. The standard InChI is InChI=1S/3C12H27O2P.Cr/c3*1-2-3-4-5-6-7-8-9-10-11-12-15(13)14;/h3*15H,2-12H2,1H3,(H,13,14);/q;;;+3/p-3. The first-order valence-electron chi connectivity index (χ1n) is 19.4. The molecule has 0 bridgehead atoms. The van der Waals surface area contributed by atoms with Crippen molar-refractivity contribution >= 4 is 24.1 Å². The molecule has 10 heteroatoms. The Morgan fingerprint density at radius 2 is 0.413 bits per heavy atom. The SMILES string of the molecule is CCCCCCCCCCCC[PH](=O)[O-].CCCCCCCCCCCC[PH](=O)[O-].CCCCCCCCCCCC[PH](=O)[O-].[Cr+3]. The van der Waals surface area contributed by atoms with Crippen LogP contribution in [-0.4, -0.2) is 18.5 Å². The summed E-state index contributed by atoms with van der Waals surface area (Å²) in [5, 5.41) is 0. The van der Waals surface area contributed by atoms with Crippen LogP contribution in [0.2, 0.25) is 0 Å². The van der Waals surface area contributed by atoms with Gasteiger partial charge in [0.05, 0.1) is 0 Å². The van der Waals surface area contributed by atoms with Crippen LogP contribution in [0.25, 0.3) is 0 Å². The number of unbranched alkanes of at least 4 members (excludes halogenated alkanes) is 27. The van der Waals surface area contributed by atoms with Crippen molar-refractivity contribution in [3.8, 4) is 0 Å². The average molecular weight is 752 g/mol. The van der Waals surface area contributed by atoms with E-state index in [2.05, 4.69) is 20.8 Å². The Balaban J connectivity index is -0.000000285. The quantitative estimate of drug-likeness (QED) is 0.0486. The van der Waals surface area contributed by atoms with E-state index in [1.54, 1.807) is 0 Å². The van der Waals surface area contributed by atoms with E-state index >= 15 is 0 Å². The summed E-state index contributed by atoms with van der Waals surface area (Å²) >= 11 is 0. The molecule has 6 nitrogen and oxygen atoms in total. The molecule has 46 heavy (non-hydrogen) atoms. The van der Waals surface area contributed by atoms with Crippen molar-refractivity contribution in [1.82, 2.24) is 0 Å². The molecule has 0 saturated carbocycles. The molecule has 0 aliphatic rings. The normalized spacial score (nSPS) is 12.7. The van der Waals surface area contributed by atoms with Gasteiger partial charge >= 0.3 is 17.4 Å². The molecule has 0 fully saturated rings. The van der Waals surface area contributed by atoms with Gasteiger partial charge in [-0.25, -0.2) is 0 Å². The minimum Gasteiger partial charge on any atom is -0.802 e. The predicted octanol–water partition coefficient (Wildman–Crippen LogP) is 11.2. The van der Waals surface area contributed by atoms with Crippen molar-refractivity contribution in [2.75, 3.05) is 18.5 Å². The van der Waals surface area contributed by atoms with E-state index in [9.17, 15) is 28.4 Å². The predicted molar refractivity (Wildman–Crippen MR) is 197 cm³/mol. The molecule has 0 rings (SSSR count). The van der Waals surface area contributed by atoms with Crippen LogP contribution >= 0.6 is 24.1 Å². The van der Waals surface area contributed by atoms with Gasteiger partial charge in [-0.3, -0.25) is 0 Å². The van der Waals surface area contributed by atoms with Gasteiger partial charge in [-0.1, -0.05) is 194 Å². The maximum atomic E-state index is 10.3. The minimum absolute atomic E-state index is 0. The van der Waals surface area contributed by atoms with Crippen LogP contribution in [0.15, 0.2) is 0 Å². The number of rotatable bonds is 33. The van der Waals surface area contributed by atoms with Crippen molar-refractivity contribution in [3.63, 3.8) is 0 Å². The van der Waals surface area contributed by atoms with Crippen LogP contribution in [0.1, 0.15) is 213 Å². The Morgan fingerprint density at radius 3 is 0.543 bits per heavy atom. The summed E-state index contributed by atoms with van der Waals surface area (Å²) in [7, 11) is -7.33. The summed E-state index contributed by atoms with van der Waals surface area (Å²) in [6, 6.07) is 0. The van der Waals surface area contributed by atoms with E-state index in [1.807, 2.05) is 0 Å². The van der Waals surface area contributed by atoms with Gasteiger partial charge in [0.25, 0.3) is 0 Å². The zero-order valence-corrected chi connectivity index (χ0v) is 35.0. The maximum Gasteiger partial charge on any atom is 3.00 e. The second kappa shape index (κ2) is 50.5. The topological polar surface area (TPSA) is 120 Å². The van der Waals surface area contributed by atoms with E-state index in [1.165, 1.54) is 154 Å². The zero-order chi connectivity index (χ0) is 34.1. The smallest absolute Gasteiger partial charge is 0.802 e.